The van der Waals surface area contributed by atoms with Crippen molar-refractivity contribution in [1.82, 2.24) is 0 Å². The highest BCUT2D eigenvalue weighted by atomic mass is 16.5. The Morgan fingerprint density at radius 2 is 1.07 bits per heavy atom. The van der Waals surface area contributed by atoms with Gasteiger partial charge in [-0.2, -0.15) is 0 Å². The minimum atomic E-state index is -0.677. The molecule has 1 aliphatic carbocycles. The van der Waals surface area contributed by atoms with Crippen molar-refractivity contribution in [2.75, 3.05) is 27.4 Å². The first-order valence-electron chi connectivity index (χ1n) is 10.2. The molecule has 2 aromatic carbocycles. The van der Waals surface area contributed by atoms with Crippen molar-refractivity contribution in [2.45, 2.75) is 25.7 Å². The highest BCUT2D eigenvalue weighted by Crippen LogP contribution is 2.61. The second-order valence-corrected chi connectivity index (χ2v) is 7.09. The van der Waals surface area contributed by atoms with E-state index in [4.69, 9.17) is 18.9 Å². The van der Waals surface area contributed by atoms with Gasteiger partial charge < -0.3 is 18.9 Å². The van der Waals surface area contributed by atoms with Gasteiger partial charge in [-0.1, -0.05) is 36.4 Å². The lowest BCUT2D eigenvalue weighted by atomic mass is 9.52. The maximum Gasteiger partial charge on any atom is 0.310 e. The lowest BCUT2D eigenvalue weighted by Gasteiger charge is -2.49. The van der Waals surface area contributed by atoms with Crippen LogP contribution in [-0.4, -0.2) is 39.4 Å². The number of carbonyl (C=O) groups is 2. The molecule has 2 aromatic rings. The predicted octanol–water partition coefficient (Wildman–Crippen LogP) is 3.94. The van der Waals surface area contributed by atoms with Crippen LogP contribution in [0, 0.1) is 11.8 Å². The van der Waals surface area contributed by atoms with Gasteiger partial charge in [-0.05, 0) is 37.1 Å². The molecular formula is C24H28O6. The number of ether oxygens (including phenoxy) is 4. The fourth-order valence-corrected chi connectivity index (χ4v) is 4.47. The van der Waals surface area contributed by atoms with Crippen LogP contribution >= 0.6 is 0 Å². The Labute approximate surface area is 177 Å². The van der Waals surface area contributed by atoms with Crippen LogP contribution in [0.4, 0.5) is 0 Å². The summed E-state index contributed by atoms with van der Waals surface area (Å²) in [6, 6.07) is 15.2. The van der Waals surface area contributed by atoms with Gasteiger partial charge in [-0.3, -0.25) is 9.59 Å². The van der Waals surface area contributed by atoms with E-state index in [2.05, 4.69) is 0 Å². The Morgan fingerprint density at radius 3 is 1.40 bits per heavy atom. The van der Waals surface area contributed by atoms with Crippen LogP contribution < -0.4 is 9.47 Å². The van der Waals surface area contributed by atoms with Gasteiger partial charge in [0.1, 0.15) is 11.5 Å². The van der Waals surface area contributed by atoms with Gasteiger partial charge in [-0.25, -0.2) is 0 Å². The summed E-state index contributed by atoms with van der Waals surface area (Å²) >= 11 is 0. The molecule has 0 unspecified atom stereocenters. The SMILES string of the molecule is CCOc1ccccc1[C@@H]1[C@@H](C(=O)OC)[C@@H](C(=O)OC)[C@@H]1c1ccccc1OCC. The summed E-state index contributed by atoms with van der Waals surface area (Å²) in [5.41, 5.74) is 1.73. The summed E-state index contributed by atoms with van der Waals surface area (Å²) in [4.78, 5) is 25.5. The van der Waals surface area contributed by atoms with Gasteiger partial charge in [0, 0.05) is 11.8 Å². The maximum absolute atomic E-state index is 12.8. The summed E-state index contributed by atoms with van der Waals surface area (Å²) in [6.45, 7) is 4.81. The molecule has 0 bridgehead atoms. The summed E-state index contributed by atoms with van der Waals surface area (Å²) in [6.07, 6.45) is 0. The Balaban J connectivity index is 2.17. The van der Waals surface area contributed by atoms with Crippen molar-refractivity contribution in [1.29, 1.82) is 0 Å². The van der Waals surface area contributed by atoms with Crippen molar-refractivity contribution < 1.29 is 28.5 Å². The third-order valence-electron chi connectivity index (χ3n) is 5.65. The molecule has 0 heterocycles. The molecule has 0 radical (unpaired) electrons. The lowest BCUT2D eigenvalue weighted by molar-refractivity contribution is -0.168. The molecule has 6 nitrogen and oxygen atoms in total. The number of rotatable bonds is 8. The molecule has 4 atom stereocenters. The van der Waals surface area contributed by atoms with E-state index in [-0.39, 0.29) is 11.8 Å². The third kappa shape index (κ3) is 3.86. The maximum atomic E-state index is 12.8. The Hall–Kier alpha value is -3.02. The van der Waals surface area contributed by atoms with Crippen molar-refractivity contribution in [3.63, 3.8) is 0 Å². The first-order valence-corrected chi connectivity index (χ1v) is 10.2. The van der Waals surface area contributed by atoms with E-state index in [0.29, 0.717) is 24.7 Å². The Kier molecular flexibility index (Phi) is 6.98. The lowest BCUT2D eigenvalue weighted by Crippen LogP contribution is -2.52. The standard InChI is InChI=1S/C24H28O6/c1-5-29-17-13-9-7-11-15(17)19-20(16-12-8-10-14-18(16)30-6-2)22(24(26)28-4)21(19)23(25)27-3/h7-14,19-22H,5-6H2,1-4H3/t19-,20+,21+,22-. The van der Waals surface area contributed by atoms with Crippen molar-refractivity contribution in [3.05, 3.63) is 59.7 Å². The molecule has 1 fully saturated rings. The molecule has 1 aliphatic rings. The Morgan fingerprint density at radius 1 is 0.700 bits per heavy atom. The summed E-state index contributed by atoms with van der Waals surface area (Å²) < 4.78 is 21.8. The van der Waals surface area contributed by atoms with Crippen LogP contribution in [0.25, 0.3) is 0 Å². The average molecular weight is 412 g/mol. The molecule has 0 N–H and O–H groups in total. The molecule has 0 aliphatic heterocycles. The molecule has 3 rings (SSSR count). The van der Waals surface area contributed by atoms with E-state index >= 15 is 0 Å². The summed E-state index contributed by atoms with van der Waals surface area (Å²) in [5, 5.41) is 0. The second-order valence-electron chi connectivity index (χ2n) is 7.09. The minimum absolute atomic E-state index is 0.314. The molecular weight excluding hydrogens is 384 g/mol. The zero-order chi connectivity index (χ0) is 21.7. The average Bonchev–Trinajstić information content (AvgIpc) is 2.75. The molecule has 30 heavy (non-hydrogen) atoms. The summed E-state index contributed by atoms with van der Waals surface area (Å²) in [5.74, 6) is -1.47. The molecule has 6 heteroatoms. The van der Waals surface area contributed by atoms with Crippen LogP contribution in [0.15, 0.2) is 48.5 Å². The van der Waals surface area contributed by atoms with E-state index in [1.807, 2.05) is 62.4 Å². The molecule has 1 saturated carbocycles. The second kappa shape index (κ2) is 9.65. The van der Waals surface area contributed by atoms with Crippen LogP contribution in [0.2, 0.25) is 0 Å². The molecule has 0 spiro atoms. The largest absolute Gasteiger partial charge is 0.494 e. The smallest absolute Gasteiger partial charge is 0.310 e. The fourth-order valence-electron chi connectivity index (χ4n) is 4.47. The van der Waals surface area contributed by atoms with Gasteiger partial charge in [0.05, 0.1) is 39.3 Å². The number of benzene rings is 2. The van der Waals surface area contributed by atoms with Crippen molar-refractivity contribution >= 4 is 11.9 Å². The monoisotopic (exact) mass is 412 g/mol. The van der Waals surface area contributed by atoms with Gasteiger partial charge >= 0.3 is 11.9 Å². The van der Waals surface area contributed by atoms with Crippen LogP contribution in [0.1, 0.15) is 36.8 Å². The normalized spacial score (nSPS) is 22.5. The van der Waals surface area contributed by atoms with Gasteiger partial charge in [0.2, 0.25) is 0 Å². The zero-order valence-electron chi connectivity index (χ0n) is 17.8. The van der Waals surface area contributed by atoms with Crippen molar-refractivity contribution in [2.24, 2.45) is 11.8 Å². The third-order valence-corrected chi connectivity index (χ3v) is 5.65. The van der Waals surface area contributed by atoms with E-state index in [9.17, 15) is 9.59 Å². The highest BCUT2D eigenvalue weighted by Gasteiger charge is 2.60. The zero-order valence-corrected chi connectivity index (χ0v) is 17.8. The van der Waals surface area contributed by atoms with Crippen molar-refractivity contribution in [3.8, 4) is 11.5 Å². The predicted molar refractivity (Wildman–Crippen MR) is 112 cm³/mol. The van der Waals surface area contributed by atoms with Gasteiger partial charge in [0.25, 0.3) is 0 Å². The van der Waals surface area contributed by atoms with Crippen LogP contribution in [0.5, 0.6) is 11.5 Å². The first-order chi connectivity index (χ1) is 14.6. The first kappa shape index (κ1) is 21.7. The highest BCUT2D eigenvalue weighted by molar-refractivity contribution is 5.87. The fraction of sp³-hybridized carbons (Fsp3) is 0.417. The van der Waals surface area contributed by atoms with E-state index in [0.717, 1.165) is 11.1 Å². The number of carbonyl (C=O) groups excluding carboxylic acids is 2. The summed E-state index contributed by atoms with van der Waals surface area (Å²) in [7, 11) is 2.67. The number of methoxy groups -OCH3 is 2. The quantitative estimate of drug-likeness (QED) is 0.612. The Bertz CT molecular complexity index is 819. The molecule has 0 amide bonds. The van der Waals surface area contributed by atoms with Crippen LogP contribution in [-0.2, 0) is 19.1 Å². The van der Waals surface area contributed by atoms with Gasteiger partial charge in [-0.15, -0.1) is 0 Å². The minimum Gasteiger partial charge on any atom is -0.494 e. The molecule has 160 valence electrons. The molecule has 0 aromatic heterocycles. The van der Waals surface area contributed by atoms with E-state index in [1.54, 1.807) is 0 Å². The number of para-hydroxylation sites is 2. The van der Waals surface area contributed by atoms with Gasteiger partial charge in [0.15, 0.2) is 0 Å². The molecule has 0 saturated heterocycles. The van der Waals surface area contributed by atoms with E-state index in [1.165, 1.54) is 14.2 Å². The number of hydrogen-bond acceptors (Lipinski definition) is 6. The number of hydrogen-bond donors (Lipinski definition) is 0. The number of esters is 2. The van der Waals surface area contributed by atoms with E-state index < -0.39 is 23.8 Å². The van der Waals surface area contributed by atoms with Crippen LogP contribution in [0.3, 0.4) is 0 Å². The topological polar surface area (TPSA) is 71.1 Å².